The van der Waals surface area contributed by atoms with Crippen molar-refractivity contribution in [2.75, 3.05) is 75.2 Å². The molecule has 7 aliphatic heterocycles. The van der Waals surface area contributed by atoms with Gasteiger partial charge in [0.15, 0.2) is 0 Å². The third-order valence-electron chi connectivity index (χ3n) is 20.2. The molecule has 3 aliphatic carbocycles. The number of fused-ring (bicyclic) bond motifs is 8. The summed E-state index contributed by atoms with van der Waals surface area (Å²) in [6.45, 7) is 21.9. The zero-order valence-corrected chi connectivity index (χ0v) is 54.3. The topological polar surface area (TPSA) is 194 Å². The Labute approximate surface area is 537 Å². The van der Waals surface area contributed by atoms with Crippen LogP contribution in [0.15, 0.2) is 48.5 Å². The molecule has 10 aliphatic rings. The summed E-state index contributed by atoms with van der Waals surface area (Å²) in [4.78, 5) is 57.9. The van der Waals surface area contributed by atoms with Gasteiger partial charge in [0.25, 0.3) is 0 Å². The highest BCUT2D eigenvalue weighted by molar-refractivity contribution is 7.88. The first-order valence-corrected chi connectivity index (χ1v) is 33.9. The van der Waals surface area contributed by atoms with Crippen LogP contribution in [-0.4, -0.2) is 129 Å². The number of aromatic hydroxyl groups is 1. The number of carbonyl (C=O) groups is 4. The molecule has 93 heavy (non-hydrogen) atoms. The molecule has 7 heterocycles. The van der Waals surface area contributed by atoms with Crippen LogP contribution in [0.1, 0.15) is 214 Å². The number of anilines is 2. The van der Waals surface area contributed by atoms with Crippen LogP contribution in [0.3, 0.4) is 0 Å². The van der Waals surface area contributed by atoms with Gasteiger partial charge in [0.05, 0.1) is 22.3 Å². The fourth-order valence-electron chi connectivity index (χ4n) is 15.5. The molecule has 2 N–H and O–H groups in total. The van der Waals surface area contributed by atoms with Crippen LogP contribution >= 0.6 is 0 Å². The SMILES string of the molecule is CC(C)(C)N1CCN(c2cc(F)c3c(c2)C(=O)OC32CCCCC2)CC1.CC(C)(C)N1CCN(c2cc(F)c3c(c2)C(=O)OC32CCNCC2)CC1.O=C1OC2(CCCCC2)c2c(F)cc(O)cc21.O=C1OC2(CCCCC2)c2c(F)cc(OS(=O)(=O)C(F)(F)F)cc21. The van der Waals surface area contributed by atoms with Crippen LogP contribution in [0.5, 0.6) is 11.5 Å². The molecule has 0 unspecified atom stereocenters. The summed E-state index contributed by atoms with van der Waals surface area (Å²) in [7, 11) is -5.95. The minimum absolute atomic E-state index is 0.0380. The van der Waals surface area contributed by atoms with Crippen molar-refractivity contribution < 1.29 is 86.6 Å². The Hall–Kier alpha value is -6.70. The van der Waals surface area contributed by atoms with E-state index in [-0.39, 0.29) is 57.1 Å². The van der Waals surface area contributed by atoms with Gasteiger partial charge in [-0.2, -0.15) is 21.6 Å². The summed E-state index contributed by atoms with van der Waals surface area (Å²) in [6, 6.07) is 10.6. The quantitative estimate of drug-likeness (QED) is 0.0643. The predicted molar refractivity (Wildman–Crippen MR) is 330 cm³/mol. The normalized spacial score (nSPS) is 22.0. The van der Waals surface area contributed by atoms with Crippen molar-refractivity contribution in [3.63, 3.8) is 0 Å². The molecule has 4 spiro atoms. The van der Waals surface area contributed by atoms with Gasteiger partial charge in [-0.1, -0.05) is 19.3 Å². The lowest BCUT2D eigenvalue weighted by atomic mass is 9.79. The van der Waals surface area contributed by atoms with E-state index in [0.717, 1.165) is 147 Å². The van der Waals surface area contributed by atoms with Gasteiger partial charge in [0.1, 0.15) is 57.2 Å². The van der Waals surface area contributed by atoms with E-state index >= 15 is 8.78 Å². The van der Waals surface area contributed by atoms with E-state index in [9.17, 15) is 54.7 Å². The number of benzene rings is 4. The number of hydrogen-bond acceptors (Lipinski definition) is 17. The summed E-state index contributed by atoms with van der Waals surface area (Å²) in [5.41, 5.74) is -5.13. The Bertz CT molecular complexity index is 3540. The van der Waals surface area contributed by atoms with Crippen molar-refractivity contribution in [2.45, 2.75) is 190 Å². The van der Waals surface area contributed by atoms with E-state index in [1.807, 2.05) is 12.1 Å². The first-order valence-electron chi connectivity index (χ1n) is 32.5. The molecule has 0 aromatic heterocycles. The first-order chi connectivity index (χ1) is 43.8. The molecule has 0 bridgehead atoms. The lowest BCUT2D eigenvalue weighted by molar-refractivity contribution is -0.0501. The third-order valence-corrected chi connectivity index (χ3v) is 21.2. The number of piperazine rings is 2. The van der Waals surface area contributed by atoms with Crippen LogP contribution in [0.25, 0.3) is 0 Å². The van der Waals surface area contributed by atoms with Gasteiger partial charge >= 0.3 is 39.5 Å². The van der Waals surface area contributed by atoms with Gasteiger partial charge < -0.3 is 43.4 Å². The summed E-state index contributed by atoms with van der Waals surface area (Å²) in [6.07, 6.45) is 13.3. The predicted octanol–water partition coefficient (Wildman–Crippen LogP) is 12.8. The van der Waals surface area contributed by atoms with Crippen molar-refractivity contribution in [2.24, 2.45) is 0 Å². The number of phenols is 1. The summed E-state index contributed by atoms with van der Waals surface area (Å²) >= 11 is 0. The molecule has 0 atom stereocenters. The molecule has 3 saturated heterocycles. The smallest absolute Gasteiger partial charge is 0.508 e. The number of hydrogen-bond donors (Lipinski definition) is 2. The molecule has 0 amide bonds. The number of rotatable bonds is 4. The summed E-state index contributed by atoms with van der Waals surface area (Å²) < 4.78 is 144. The Morgan fingerprint density at radius 2 is 0.753 bits per heavy atom. The molecule has 506 valence electrons. The monoisotopic (exact) mass is 1330 g/mol. The molecular weight excluding hydrogens is 1240 g/mol. The van der Waals surface area contributed by atoms with Crippen molar-refractivity contribution in [3.05, 3.63) is 116 Å². The molecule has 17 nitrogen and oxygen atoms in total. The number of esters is 4. The van der Waals surface area contributed by atoms with Gasteiger partial charge in [0, 0.05) is 122 Å². The minimum atomic E-state index is -5.95. The first kappa shape index (κ1) is 67.7. The number of halogens is 7. The van der Waals surface area contributed by atoms with E-state index < -0.39 is 67.4 Å². The molecule has 14 rings (SSSR count). The standard InChI is InChI=1S/C21H29FN2O2.C20H28FN3O2.C14H12F4O5S.C13H13FO3/c1-20(2,3)24-11-9-23(10-12-24)15-13-16-18(17(22)14-15)21(26-19(16)25)7-5-4-6-8-21;1-19(2,3)24-10-8-23(9-11-24)14-12-15-17(16(21)13-14)20(26-18(15)25)4-6-22-7-5-20;15-10-7-8(23-24(20,21)14(16,17)18)6-9-11(10)13(22-12(9)19)4-2-1-3-5-13;14-10-7-8(15)6-9-11(10)13(17-12(9)16)4-2-1-3-5-13/h13-14H,4-12H2,1-3H3;12-13,22H,4-11H2,1-3H3;6-7H,1-5H2;6-7,15H,1-5H2. The molecule has 4 aromatic rings. The molecule has 3 saturated carbocycles. The number of ether oxygens (including phenoxy) is 4. The lowest BCUT2D eigenvalue weighted by Gasteiger charge is -2.43. The molecule has 25 heteroatoms. The maximum atomic E-state index is 15.1. The van der Waals surface area contributed by atoms with Gasteiger partial charge in [-0.25, -0.2) is 36.7 Å². The number of nitrogens with one attached hydrogen (secondary N) is 1. The average Bonchev–Trinajstić information content (AvgIpc) is 1.63. The number of carbonyl (C=O) groups excluding carboxylic acids is 4. The maximum Gasteiger partial charge on any atom is 0.534 e. The lowest BCUT2D eigenvalue weighted by Crippen LogP contribution is -2.53. The Balaban J connectivity index is 0.000000128. The highest BCUT2D eigenvalue weighted by Crippen LogP contribution is 2.52. The largest absolute Gasteiger partial charge is 0.534 e. The highest BCUT2D eigenvalue weighted by atomic mass is 32.2. The van der Waals surface area contributed by atoms with E-state index in [4.69, 9.17) is 18.9 Å². The molecular formula is C68H82F7N5O12S. The third kappa shape index (κ3) is 13.3. The fraction of sp³-hybridized carbons (Fsp3) is 0.588. The maximum absolute atomic E-state index is 15.1. The van der Waals surface area contributed by atoms with Gasteiger partial charge in [-0.3, -0.25) is 9.80 Å². The Morgan fingerprint density at radius 3 is 1.10 bits per heavy atom. The van der Waals surface area contributed by atoms with E-state index in [1.165, 1.54) is 6.07 Å². The summed E-state index contributed by atoms with van der Waals surface area (Å²) in [5.74, 6) is -5.43. The average molecular weight is 1330 g/mol. The molecule has 0 radical (unpaired) electrons. The van der Waals surface area contributed by atoms with E-state index in [1.54, 1.807) is 12.1 Å². The van der Waals surface area contributed by atoms with Crippen molar-refractivity contribution in [1.82, 2.24) is 15.1 Å². The van der Waals surface area contributed by atoms with Crippen LogP contribution in [0.4, 0.5) is 42.1 Å². The second-order valence-corrected chi connectivity index (χ2v) is 29.7. The zero-order chi connectivity index (χ0) is 66.8. The molecule has 4 aromatic carbocycles. The Morgan fingerprint density at radius 1 is 0.441 bits per heavy atom. The van der Waals surface area contributed by atoms with E-state index in [0.29, 0.717) is 85.3 Å². The van der Waals surface area contributed by atoms with Gasteiger partial charge in [0.2, 0.25) is 0 Å². The Kier molecular flexibility index (Phi) is 18.5. The van der Waals surface area contributed by atoms with Crippen molar-refractivity contribution >= 4 is 45.4 Å². The second-order valence-electron chi connectivity index (χ2n) is 28.1. The fourth-order valence-corrected chi connectivity index (χ4v) is 15.9. The van der Waals surface area contributed by atoms with Crippen LogP contribution in [0.2, 0.25) is 0 Å². The van der Waals surface area contributed by atoms with Crippen LogP contribution in [0, 0.1) is 23.3 Å². The second kappa shape index (κ2) is 25.5. The van der Waals surface area contributed by atoms with Crippen LogP contribution in [-0.2, 0) is 51.5 Å². The van der Waals surface area contributed by atoms with E-state index in [2.05, 4.69) is 70.6 Å². The number of piperidine rings is 1. The number of alkyl halides is 3. The van der Waals surface area contributed by atoms with Crippen molar-refractivity contribution in [1.29, 1.82) is 0 Å². The summed E-state index contributed by atoms with van der Waals surface area (Å²) in [5, 5.41) is 12.6. The minimum Gasteiger partial charge on any atom is -0.508 e. The van der Waals surface area contributed by atoms with Crippen molar-refractivity contribution in [3.8, 4) is 11.5 Å². The number of nitrogens with zero attached hydrogens (tertiary/aromatic N) is 4. The zero-order valence-electron chi connectivity index (χ0n) is 53.5. The van der Waals surface area contributed by atoms with Crippen LogP contribution < -0.4 is 19.3 Å². The van der Waals surface area contributed by atoms with Gasteiger partial charge in [-0.05, 0) is 168 Å². The van der Waals surface area contributed by atoms with Gasteiger partial charge in [-0.15, -0.1) is 0 Å². The molecule has 6 fully saturated rings. The highest BCUT2D eigenvalue weighted by Gasteiger charge is 2.54. The number of phenolic OH excluding ortho intramolecular Hbond substituents is 1.